The summed E-state index contributed by atoms with van der Waals surface area (Å²) in [6, 6.07) is -0.704. The third kappa shape index (κ3) is 1.18. The molecule has 0 saturated carbocycles. The molecule has 68 valence electrons. The van der Waals surface area contributed by atoms with Gasteiger partial charge in [-0.2, -0.15) is 15.9 Å². The molecular weight excluding hydrogens is 176 g/mol. The van der Waals surface area contributed by atoms with E-state index in [0.29, 0.717) is 0 Å². The number of tetrazole rings is 1. The largest absolute Gasteiger partial charge is 0.283 e. The van der Waals surface area contributed by atoms with Crippen LogP contribution < -0.4 is 11.4 Å². The topological polar surface area (TPSA) is 144 Å². The number of nitrogens with zero attached hydrogens (tertiary/aromatic N) is 6. The number of rotatable bonds is 1. The number of nitrogens with one attached hydrogen (secondary N) is 3. The monoisotopic (exact) mass is 182 g/mol. The maximum atomic E-state index is 7.49. The van der Waals surface area contributed by atoms with E-state index < -0.39 is 6.04 Å². The summed E-state index contributed by atoms with van der Waals surface area (Å²) in [5.74, 6) is 5.58. The predicted octanol–water partition coefficient (Wildman–Crippen LogP) is -1.72. The molecule has 2 rings (SSSR count). The first-order chi connectivity index (χ1) is 6.29. The molecule has 2 heterocycles. The minimum atomic E-state index is -0.704. The SMILES string of the molecule is N=C1C(c2nn[nH]n2)N=NNN1N. The molecule has 0 aliphatic carbocycles. The summed E-state index contributed by atoms with van der Waals surface area (Å²) in [6.07, 6.45) is 0. The molecule has 10 heteroatoms. The zero-order valence-corrected chi connectivity index (χ0v) is 6.34. The van der Waals surface area contributed by atoms with Crippen molar-refractivity contribution < 1.29 is 0 Å². The van der Waals surface area contributed by atoms with E-state index >= 15 is 0 Å². The van der Waals surface area contributed by atoms with Crippen molar-refractivity contribution in [1.82, 2.24) is 31.3 Å². The summed E-state index contributed by atoms with van der Waals surface area (Å²) in [7, 11) is 0. The molecule has 5 N–H and O–H groups in total. The van der Waals surface area contributed by atoms with Gasteiger partial charge in [-0.05, 0) is 0 Å². The maximum Gasteiger partial charge on any atom is 0.208 e. The van der Waals surface area contributed by atoms with Crippen LogP contribution in [0.3, 0.4) is 0 Å². The fourth-order valence-electron chi connectivity index (χ4n) is 0.831. The number of amidine groups is 1. The van der Waals surface area contributed by atoms with E-state index in [-0.39, 0.29) is 11.7 Å². The van der Waals surface area contributed by atoms with Gasteiger partial charge < -0.3 is 0 Å². The summed E-state index contributed by atoms with van der Waals surface area (Å²) in [6.45, 7) is 0. The molecule has 0 fully saturated rings. The highest BCUT2D eigenvalue weighted by molar-refractivity contribution is 5.84. The van der Waals surface area contributed by atoms with Crippen LogP contribution in [0.4, 0.5) is 0 Å². The lowest BCUT2D eigenvalue weighted by atomic mass is 10.3. The molecule has 1 aromatic heterocycles. The Hall–Kier alpha value is -2.10. The molecule has 1 aliphatic rings. The van der Waals surface area contributed by atoms with Gasteiger partial charge in [-0.3, -0.25) is 5.41 Å². The van der Waals surface area contributed by atoms with Crippen LogP contribution in [0.15, 0.2) is 10.3 Å². The van der Waals surface area contributed by atoms with Crippen LogP contribution in [-0.2, 0) is 0 Å². The molecule has 0 radical (unpaired) electrons. The Kier molecular flexibility index (Phi) is 1.59. The highest BCUT2D eigenvalue weighted by Gasteiger charge is 2.27. The van der Waals surface area contributed by atoms with Crippen molar-refractivity contribution in [1.29, 1.82) is 5.41 Å². The number of aromatic amines is 1. The smallest absolute Gasteiger partial charge is 0.208 e. The second kappa shape index (κ2) is 2.75. The van der Waals surface area contributed by atoms with E-state index in [1.165, 1.54) is 0 Å². The summed E-state index contributed by atoms with van der Waals surface area (Å²) in [4.78, 5) is 0. The highest BCUT2D eigenvalue weighted by Crippen LogP contribution is 2.16. The zero-order valence-electron chi connectivity index (χ0n) is 6.34. The number of H-pyrrole nitrogens is 1. The van der Waals surface area contributed by atoms with Gasteiger partial charge in [0.05, 0.1) is 0 Å². The molecule has 0 saturated heterocycles. The highest BCUT2D eigenvalue weighted by atomic mass is 15.8. The first kappa shape index (κ1) is 7.54. The average molecular weight is 182 g/mol. The zero-order chi connectivity index (χ0) is 9.26. The van der Waals surface area contributed by atoms with Crippen molar-refractivity contribution in [3.05, 3.63) is 5.82 Å². The fraction of sp³-hybridized carbons (Fsp3) is 0.333. The Balaban J connectivity index is 2.29. The van der Waals surface area contributed by atoms with Crippen molar-refractivity contribution in [2.45, 2.75) is 6.04 Å². The molecular formula is C3H6N10. The van der Waals surface area contributed by atoms with Gasteiger partial charge in [-0.15, -0.1) is 15.3 Å². The number of hydrazine groups is 2. The van der Waals surface area contributed by atoms with Crippen LogP contribution in [0.1, 0.15) is 11.9 Å². The second-order valence-electron chi connectivity index (χ2n) is 2.24. The maximum absolute atomic E-state index is 7.49. The van der Waals surface area contributed by atoms with Gasteiger partial charge in [0.25, 0.3) is 0 Å². The molecule has 10 nitrogen and oxygen atoms in total. The number of nitrogens with two attached hydrogens (primary N) is 1. The van der Waals surface area contributed by atoms with Crippen molar-refractivity contribution in [2.75, 3.05) is 0 Å². The summed E-state index contributed by atoms with van der Waals surface area (Å²) >= 11 is 0. The fourth-order valence-corrected chi connectivity index (χ4v) is 0.831. The van der Waals surface area contributed by atoms with E-state index in [9.17, 15) is 0 Å². The van der Waals surface area contributed by atoms with Crippen LogP contribution in [-0.4, -0.2) is 31.6 Å². The molecule has 0 spiro atoms. The Morgan fingerprint density at radius 1 is 1.54 bits per heavy atom. The molecule has 1 aliphatic heterocycles. The van der Waals surface area contributed by atoms with E-state index in [4.69, 9.17) is 11.3 Å². The second-order valence-corrected chi connectivity index (χ2v) is 2.24. The van der Waals surface area contributed by atoms with E-state index in [2.05, 4.69) is 36.5 Å². The Morgan fingerprint density at radius 3 is 3.08 bits per heavy atom. The van der Waals surface area contributed by atoms with Gasteiger partial charge in [0.2, 0.25) is 5.82 Å². The Morgan fingerprint density at radius 2 is 2.38 bits per heavy atom. The predicted molar refractivity (Wildman–Crippen MR) is 38.7 cm³/mol. The molecule has 0 bridgehead atoms. The molecule has 0 aromatic carbocycles. The van der Waals surface area contributed by atoms with Gasteiger partial charge in [-0.1, -0.05) is 10.4 Å². The van der Waals surface area contributed by atoms with Crippen LogP contribution >= 0.6 is 0 Å². The first-order valence-corrected chi connectivity index (χ1v) is 3.31. The van der Waals surface area contributed by atoms with Gasteiger partial charge in [0.15, 0.2) is 11.9 Å². The van der Waals surface area contributed by atoms with Crippen LogP contribution in [0.5, 0.6) is 0 Å². The van der Waals surface area contributed by atoms with E-state index in [0.717, 1.165) is 5.12 Å². The van der Waals surface area contributed by atoms with Crippen LogP contribution in [0.25, 0.3) is 0 Å². The van der Waals surface area contributed by atoms with Crippen molar-refractivity contribution >= 4 is 5.84 Å². The standard InChI is InChI=1S/C3H6N10/c4-2-1(3-7-9-10-8-3)6-11-12-13(2)5/h1,4H,5H2,(H,6,12)(H,7,8,9,10). The van der Waals surface area contributed by atoms with Gasteiger partial charge in [0.1, 0.15) is 0 Å². The molecule has 13 heavy (non-hydrogen) atoms. The van der Waals surface area contributed by atoms with Crippen molar-refractivity contribution in [3.63, 3.8) is 0 Å². The third-order valence-electron chi connectivity index (χ3n) is 1.45. The number of hydrogen-bond donors (Lipinski definition) is 4. The molecule has 1 unspecified atom stereocenters. The summed E-state index contributed by atoms with van der Waals surface area (Å²) in [5, 5.41) is 28.5. The van der Waals surface area contributed by atoms with Crippen LogP contribution in [0.2, 0.25) is 0 Å². The van der Waals surface area contributed by atoms with Crippen molar-refractivity contribution in [2.24, 2.45) is 16.2 Å². The molecule has 1 aromatic rings. The van der Waals surface area contributed by atoms with Crippen LogP contribution in [0, 0.1) is 5.41 Å². The van der Waals surface area contributed by atoms with Crippen molar-refractivity contribution in [3.8, 4) is 0 Å². The van der Waals surface area contributed by atoms with E-state index in [1.807, 2.05) is 0 Å². The minimum Gasteiger partial charge on any atom is -0.283 e. The van der Waals surface area contributed by atoms with Gasteiger partial charge in [-0.25, -0.2) is 5.84 Å². The lowest BCUT2D eigenvalue weighted by molar-refractivity contribution is 0.275. The average Bonchev–Trinajstić information content (AvgIpc) is 2.62. The normalized spacial score (nSPS) is 21.8. The molecule has 0 amide bonds. The third-order valence-corrected chi connectivity index (χ3v) is 1.45. The lowest BCUT2D eigenvalue weighted by Crippen LogP contribution is -2.49. The van der Waals surface area contributed by atoms with Gasteiger partial charge in [0, 0.05) is 0 Å². The summed E-state index contributed by atoms with van der Waals surface area (Å²) < 4.78 is 0. The quantitative estimate of drug-likeness (QED) is 0.380. The number of aromatic nitrogens is 4. The van der Waals surface area contributed by atoms with Gasteiger partial charge >= 0.3 is 0 Å². The number of hydrogen-bond acceptors (Lipinski definition) is 8. The summed E-state index contributed by atoms with van der Waals surface area (Å²) in [5.41, 5.74) is 2.28. The molecule has 1 atom stereocenters. The minimum absolute atomic E-state index is 0.00333. The first-order valence-electron chi connectivity index (χ1n) is 3.31. The lowest BCUT2D eigenvalue weighted by Gasteiger charge is -2.23. The van der Waals surface area contributed by atoms with E-state index in [1.54, 1.807) is 0 Å². The Bertz CT molecular complexity index is 324. The Labute approximate surface area is 71.6 Å².